The number of hydrogen-bond acceptors (Lipinski definition) is 3. The van der Waals surface area contributed by atoms with Crippen LogP contribution in [0.15, 0.2) is 30.0 Å². The summed E-state index contributed by atoms with van der Waals surface area (Å²) in [7, 11) is 0. The molecule has 1 aliphatic heterocycles. The standard InChI is InChI=1S/C11H9F2NO2/c1-6(15)9-5-10(16-14-9)11-7(12)3-2-4-8(11)13/h2-5,10,14H,1H3. The monoisotopic (exact) mass is 225 g/mol. The van der Waals surface area contributed by atoms with Gasteiger partial charge >= 0.3 is 0 Å². The molecule has 2 rings (SSSR count). The highest BCUT2D eigenvalue weighted by Crippen LogP contribution is 2.28. The molecule has 1 aromatic rings. The predicted octanol–water partition coefficient (Wildman–Crippen LogP) is 2.01. The number of ketones is 1. The Kier molecular flexibility index (Phi) is 2.70. The molecule has 1 N–H and O–H groups in total. The molecular formula is C11H9F2NO2. The first-order valence-corrected chi connectivity index (χ1v) is 4.68. The third-order valence-electron chi connectivity index (χ3n) is 2.28. The van der Waals surface area contributed by atoms with E-state index in [9.17, 15) is 13.6 Å². The van der Waals surface area contributed by atoms with Gasteiger partial charge in [0.2, 0.25) is 0 Å². The van der Waals surface area contributed by atoms with Crippen LogP contribution in [-0.4, -0.2) is 5.78 Å². The molecule has 84 valence electrons. The zero-order chi connectivity index (χ0) is 11.7. The van der Waals surface area contributed by atoms with Gasteiger partial charge < -0.3 is 0 Å². The highest BCUT2D eigenvalue weighted by molar-refractivity contribution is 5.92. The maximum atomic E-state index is 13.4. The molecule has 16 heavy (non-hydrogen) atoms. The lowest BCUT2D eigenvalue weighted by molar-refractivity contribution is -0.114. The van der Waals surface area contributed by atoms with Crippen LogP contribution in [0.4, 0.5) is 8.78 Å². The average Bonchev–Trinajstić information content (AvgIpc) is 2.66. The van der Waals surface area contributed by atoms with Crippen LogP contribution in [0.2, 0.25) is 0 Å². The van der Waals surface area contributed by atoms with Gasteiger partial charge in [0, 0.05) is 6.92 Å². The van der Waals surface area contributed by atoms with Gasteiger partial charge in [0.05, 0.1) is 5.56 Å². The Morgan fingerprint density at radius 2 is 2.00 bits per heavy atom. The number of carbonyl (C=O) groups is 1. The SMILES string of the molecule is CC(=O)C1=CC(c2c(F)cccc2F)ON1. The molecule has 0 aliphatic carbocycles. The largest absolute Gasteiger partial charge is 0.293 e. The fraction of sp³-hybridized carbons (Fsp3) is 0.182. The number of hydrogen-bond donors (Lipinski definition) is 1. The third-order valence-corrected chi connectivity index (χ3v) is 2.28. The van der Waals surface area contributed by atoms with E-state index in [2.05, 4.69) is 5.48 Å². The topological polar surface area (TPSA) is 38.3 Å². The maximum Gasteiger partial charge on any atom is 0.177 e. The Bertz CT molecular complexity index is 451. The Morgan fingerprint density at radius 3 is 2.50 bits per heavy atom. The van der Waals surface area contributed by atoms with Gasteiger partial charge in [0.15, 0.2) is 5.78 Å². The summed E-state index contributed by atoms with van der Waals surface area (Å²) in [4.78, 5) is 15.9. The third kappa shape index (κ3) is 1.81. The zero-order valence-electron chi connectivity index (χ0n) is 8.46. The van der Waals surface area contributed by atoms with E-state index in [1.54, 1.807) is 0 Å². The second-order valence-electron chi connectivity index (χ2n) is 3.41. The molecule has 0 aromatic heterocycles. The van der Waals surface area contributed by atoms with E-state index in [4.69, 9.17) is 4.84 Å². The van der Waals surface area contributed by atoms with Crippen molar-refractivity contribution in [2.24, 2.45) is 0 Å². The van der Waals surface area contributed by atoms with Crippen LogP contribution in [0.1, 0.15) is 18.6 Å². The van der Waals surface area contributed by atoms with E-state index in [0.717, 1.165) is 12.1 Å². The lowest BCUT2D eigenvalue weighted by Gasteiger charge is -2.09. The number of Topliss-reactive ketones (excluding diaryl/α,β-unsaturated/α-hetero) is 1. The summed E-state index contributed by atoms with van der Waals surface area (Å²) in [5.74, 6) is -1.65. The van der Waals surface area contributed by atoms with Gasteiger partial charge in [-0.15, -0.1) is 0 Å². The van der Waals surface area contributed by atoms with Crippen LogP contribution < -0.4 is 5.48 Å². The van der Waals surface area contributed by atoms with Gasteiger partial charge in [-0.3, -0.25) is 15.1 Å². The van der Waals surface area contributed by atoms with E-state index in [-0.39, 0.29) is 17.0 Å². The van der Waals surface area contributed by atoms with Gasteiger partial charge in [-0.2, -0.15) is 0 Å². The normalized spacial score (nSPS) is 19.2. The molecule has 0 spiro atoms. The first kappa shape index (κ1) is 10.8. The minimum atomic E-state index is -0.917. The van der Waals surface area contributed by atoms with Gasteiger partial charge in [-0.05, 0) is 18.2 Å². The first-order chi connectivity index (χ1) is 7.59. The van der Waals surface area contributed by atoms with Gasteiger partial charge in [0.1, 0.15) is 23.4 Å². The van der Waals surface area contributed by atoms with E-state index in [1.807, 2.05) is 0 Å². The molecule has 1 aromatic carbocycles. The van der Waals surface area contributed by atoms with E-state index in [0.29, 0.717) is 0 Å². The van der Waals surface area contributed by atoms with Crippen molar-refractivity contribution in [1.82, 2.24) is 5.48 Å². The van der Waals surface area contributed by atoms with Crippen molar-refractivity contribution in [3.8, 4) is 0 Å². The molecule has 0 saturated heterocycles. The Hall–Kier alpha value is -1.75. The Labute approximate surface area is 90.7 Å². The van der Waals surface area contributed by atoms with E-state index < -0.39 is 17.7 Å². The summed E-state index contributed by atoms with van der Waals surface area (Å²) >= 11 is 0. The van der Waals surface area contributed by atoms with E-state index in [1.165, 1.54) is 19.1 Å². The summed E-state index contributed by atoms with van der Waals surface area (Å²) < 4.78 is 26.7. The molecule has 1 atom stereocenters. The van der Waals surface area contributed by atoms with Crippen molar-refractivity contribution in [3.05, 3.63) is 47.2 Å². The number of halogens is 2. The van der Waals surface area contributed by atoms with Crippen LogP contribution in [0.25, 0.3) is 0 Å². The summed E-state index contributed by atoms with van der Waals surface area (Å²) in [5.41, 5.74) is 2.34. The predicted molar refractivity (Wildman–Crippen MR) is 52.1 cm³/mol. The minimum absolute atomic E-state index is 0.202. The maximum absolute atomic E-state index is 13.4. The second kappa shape index (κ2) is 4.02. The lowest BCUT2D eigenvalue weighted by atomic mass is 10.1. The lowest BCUT2D eigenvalue weighted by Crippen LogP contribution is -2.13. The summed E-state index contributed by atoms with van der Waals surface area (Å²) in [6.07, 6.45) is 0.434. The van der Waals surface area contributed by atoms with Crippen molar-refractivity contribution in [2.45, 2.75) is 13.0 Å². The van der Waals surface area contributed by atoms with Crippen LogP contribution in [0.5, 0.6) is 0 Å². The smallest absolute Gasteiger partial charge is 0.177 e. The summed E-state index contributed by atoms with van der Waals surface area (Å²) in [6, 6.07) is 3.55. The molecular weight excluding hydrogens is 216 g/mol. The molecule has 5 heteroatoms. The van der Waals surface area contributed by atoms with Crippen molar-refractivity contribution in [1.29, 1.82) is 0 Å². The highest BCUT2D eigenvalue weighted by Gasteiger charge is 2.25. The minimum Gasteiger partial charge on any atom is -0.293 e. The molecule has 0 fully saturated rings. The number of nitrogens with one attached hydrogen (secondary N) is 1. The Morgan fingerprint density at radius 1 is 1.38 bits per heavy atom. The van der Waals surface area contributed by atoms with Crippen LogP contribution in [0.3, 0.4) is 0 Å². The molecule has 1 aliphatic rings. The average molecular weight is 225 g/mol. The molecule has 0 amide bonds. The number of hydroxylamine groups is 1. The summed E-state index contributed by atoms with van der Waals surface area (Å²) in [6.45, 7) is 1.34. The van der Waals surface area contributed by atoms with Crippen molar-refractivity contribution >= 4 is 5.78 Å². The molecule has 0 saturated carbocycles. The zero-order valence-corrected chi connectivity index (χ0v) is 8.46. The molecule has 0 bridgehead atoms. The molecule has 1 unspecified atom stereocenters. The molecule has 3 nitrogen and oxygen atoms in total. The van der Waals surface area contributed by atoms with E-state index >= 15 is 0 Å². The van der Waals surface area contributed by atoms with Crippen LogP contribution in [-0.2, 0) is 9.63 Å². The van der Waals surface area contributed by atoms with Crippen molar-refractivity contribution in [2.75, 3.05) is 0 Å². The van der Waals surface area contributed by atoms with Gasteiger partial charge in [0.25, 0.3) is 0 Å². The molecule has 1 heterocycles. The van der Waals surface area contributed by atoms with Gasteiger partial charge in [-0.1, -0.05) is 6.07 Å². The Balaban J connectivity index is 2.37. The number of benzene rings is 1. The molecule has 0 radical (unpaired) electrons. The summed E-state index contributed by atoms with van der Waals surface area (Å²) in [5, 5.41) is 0. The van der Waals surface area contributed by atoms with Crippen LogP contribution >= 0.6 is 0 Å². The van der Waals surface area contributed by atoms with Crippen molar-refractivity contribution in [3.63, 3.8) is 0 Å². The number of rotatable bonds is 2. The fourth-order valence-corrected chi connectivity index (χ4v) is 1.46. The number of carbonyl (C=O) groups excluding carboxylic acids is 1. The van der Waals surface area contributed by atoms with Crippen molar-refractivity contribution < 1.29 is 18.4 Å². The highest BCUT2D eigenvalue weighted by atomic mass is 19.1. The second-order valence-corrected chi connectivity index (χ2v) is 3.41. The van der Waals surface area contributed by atoms with Crippen LogP contribution in [0, 0.1) is 11.6 Å². The first-order valence-electron chi connectivity index (χ1n) is 4.68. The fourth-order valence-electron chi connectivity index (χ4n) is 1.46. The van der Waals surface area contributed by atoms with Gasteiger partial charge in [-0.25, -0.2) is 8.78 Å². The number of allylic oxidation sites excluding steroid dienone is 1. The quantitative estimate of drug-likeness (QED) is 0.836.